The van der Waals surface area contributed by atoms with E-state index in [2.05, 4.69) is 38.2 Å². The van der Waals surface area contributed by atoms with Crippen molar-refractivity contribution in [2.45, 2.75) is 25.7 Å². The van der Waals surface area contributed by atoms with Crippen LogP contribution >= 0.6 is 0 Å². The van der Waals surface area contributed by atoms with Gasteiger partial charge in [-0.2, -0.15) is 5.10 Å². The molecule has 5 rings (SSSR count). The van der Waals surface area contributed by atoms with Gasteiger partial charge in [0.1, 0.15) is 5.76 Å². The van der Waals surface area contributed by atoms with Crippen molar-refractivity contribution in [2.75, 3.05) is 50.8 Å². The van der Waals surface area contributed by atoms with E-state index in [1.807, 2.05) is 6.07 Å². The number of nitrogens with zero attached hydrogens (tertiary/aromatic N) is 3. The molecule has 33 heavy (non-hydrogen) atoms. The van der Waals surface area contributed by atoms with Crippen molar-refractivity contribution in [1.29, 1.82) is 0 Å². The summed E-state index contributed by atoms with van der Waals surface area (Å²) in [4.78, 5) is 17.2. The third-order valence-electron chi connectivity index (χ3n) is 6.61. The second-order valence-electron chi connectivity index (χ2n) is 8.81. The number of piperidine rings is 1. The van der Waals surface area contributed by atoms with Gasteiger partial charge in [0.2, 0.25) is 0 Å². The predicted octanol–water partition coefficient (Wildman–Crippen LogP) is 3.30. The molecule has 2 aliphatic rings. The largest absolute Gasteiger partial charge is 0.450 e. The lowest BCUT2D eigenvalue weighted by atomic mass is 9.97. The normalized spacial score (nSPS) is 17.4. The number of nitrogens with two attached hydrogens (primary N) is 1. The molecule has 0 unspecified atom stereocenters. The predicted molar refractivity (Wildman–Crippen MR) is 127 cm³/mol. The highest BCUT2D eigenvalue weighted by Crippen LogP contribution is 2.39. The lowest BCUT2D eigenvalue weighted by Crippen LogP contribution is -2.37. The molecule has 3 N–H and O–H groups in total. The molecule has 0 saturated carbocycles. The maximum absolute atomic E-state index is 12.4. The van der Waals surface area contributed by atoms with E-state index in [0.717, 1.165) is 74.7 Å². The Kier molecular flexibility index (Phi) is 6.46. The van der Waals surface area contributed by atoms with Crippen molar-refractivity contribution < 1.29 is 13.9 Å². The minimum absolute atomic E-state index is 0.190. The van der Waals surface area contributed by atoms with Crippen molar-refractivity contribution in [3.8, 4) is 22.5 Å². The summed E-state index contributed by atoms with van der Waals surface area (Å²) in [6.07, 6.45) is 7.96. The molecule has 0 spiro atoms. The summed E-state index contributed by atoms with van der Waals surface area (Å²) in [7, 11) is 0. The van der Waals surface area contributed by atoms with Crippen molar-refractivity contribution in [1.82, 2.24) is 15.1 Å². The van der Waals surface area contributed by atoms with Gasteiger partial charge in [0.05, 0.1) is 25.0 Å². The smallest absolute Gasteiger partial charge is 0.285 e. The fourth-order valence-electron chi connectivity index (χ4n) is 4.78. The monoisotopic (exact) mass is 449 g/mol. The number of benzene rings is 1. The van der Waals surface area contributed by atoms with Gasteiger partial charge in [0.25, 0.3) is 5.91 Å². The van der Waals surface area contributed by atoms with Gasteiger partial charge in [0, 0.05) is 55.7 Å². The van der Waals surface area contributed by atoms with Crippen molar-refractivity contribution in [3.63, 3.8) is 0 Å². The number of hydrogen-bond donors (Lipinski definition) is 2. The van der Waals surface area contributed by atoms with E-state index in [0.29, 0.717) is 5.76 Å². The number of morpholine rings is 1. The fraction of sp³-hybridized carbons (Fsp3) is 0.440. The van der Waals surface area contributed by atoms with E-state index in [-0.39, 0.29) is 5.76 Å². The summed E-state index contributed by atoms with van der Waals surface area (Å²) < 4.78 is 11.4. The van der Waals surface area contributed by atoms with E-state index in [9.17, 15) is 4.79 Å². The number of carbonyl (C=O) groups is 1. The second kappa shape index (κ2) is 9.80. The van der Waals surface area contributed by atoms with E-state index in [4.69, 9.17) is 14.9 Å². The maximum Gasteiger partial charge on any atom is 0.285 e. The molecule has 3 aromatic rings. The first-order chi connectivity index (χ1) is 16.2. The van der Waals surface area contributed by atoms with Crippen LogP contribution in [0.25, 0.3) is 22.5 Å². The first-order valence-electron chi connectivity index (χ1n) is 11.8. The quantitative estimate of drug-likeness (QED) is 0.574. The van der Waals surface area contributed by atoms with Crippen LogP contribution in [0.1, 0.15) is 35.4 Å². The van der Waals surface area contributed by atoms with Gasteiger partial charge in [-0.25, -0.2) is 0 Å². The number of anilines is 1. The molecule has 2 fully saturated rings. The molecule has 0 bridgehead atoms. The number of carbonyl (C=O) groups excluding carboxylic acids is 1. The van der Waals surface area contributed by atoms with E-state index >= 15 is 0 Å². The van der Waals surface area contributed by atoms with Crippen LogP contribution in [0.2, 0.25) is 0 Å². The van der Waals surface area contributed by atoms with Crippen LogP contribution < -0.4 is 10.6 Å². The van der Waals surface area contributed by atoms with Gasteiger partial charge < -0.3 is 19.8 Å². The molecule has 2 saturated heterocycles. The highest BCUT2D eigenvalue weighted by atomic mass is 16.5. The summed E-state index contributed by atoms with van der Waals surface area (Å²) in [5.74, 6) is 0.203. The summed E-state index contributed by atoms with van der Waals surface area (Å²) in [5, 5.41) is 6.80. The highest BCUT2D eigenvalue weighted by molar-refractivity contribution is 6.00. The average molecular weight is 450 g/mol. The minimum Gasteiger partial charge on any atom is -0.450 e. The van der Waals surface area contributed by atoms with Crippen LogP contribution in [-0.4, -0.2) is 66.9 Å². The zero-order valence-electron chi connectivity index (χ0n) is 18.9. The molecule has 1 amide bonds. The Morgan fingerprint density at radius 2 is 1.88 bits per heavy atom. The van der Waals surface area contributed by atoms with Gasteiger partial charge in [-0.15, -0.1) is 0 Å². The number of rotatable bonds is 7. The minimum atomic E-state index is -0.567. The van der Waals surface area contributed by atoms with Crippen molar-refractivity contribution >= 4 is 11.6 Å². The SMILES string of the molecule is NC(=O)c1oc(-c2cn[nH]c2)cc1-c1cc(CCN2CCOCC2)ccc1N1CCCCC1. The lowest BCUT2D eigenvalue weighted by Gasteiger charge is -2.31. The molecule has 8 nitrogen and oxygen atoms in total. The molecule has 0 aliphatic carbocycles. The Bertz CT molecular complexity index is 1080. The Hall–Kier alpha value is -3.10. The van der Waals surface area contributed by atoms with Crippen LogP contribution in [-0.2, 0) is 11.2 Å². The summed E-state index contributed by atoms with van der Waals surface area (Å²) >= 11 is 0. The number of primary amides is 1. The van der Waals surface area contributed by atoms with E-state index in [1.54, 1.807) is 12.4 Å². The van der Waals surface area contributed by atoms with Gasteiger partial charge >= 0.3 is 0 Å². The average Bonchev–Trinajstić information content (AvgIpc) is 3.54. The Morgan fingerprint density at radius 3 is 2.61 bits per heavy atom. The Labute approximate surface area is 193 Å². The number of amides is 1. The van der Waals surface area contributed by atoms with Crippen LogP contribution in [0.15, 0.2) is 41.1 Å². The number of furan rings is 1. The number of H-pyrrole nitrogens is 1. The molecule has 8 heteroatoms. The lowest BCUT2D eigenvalue weighted by molar-refractivity contribution is 0.0384. The third-order valence-corrected chi connectivity index (χ3v) is 6.61. The second-order valence-corrected chi connectivity index (χ2v) is 8.81. The Balaban J connectivity index is 1.52. The Morgan fingerprint density at radius 1 is 1.06 bits per heavy atom. The molecule has 2 aliphatic heterocycles. The highest BCUT2D eigenvalue weighted by Gasteiger charge is 2.24. The summed E-state index contributed by atoms with van der Waals surface area (Å²) in [6.45, 7) is 6.55. The standard InChI is InChI=1S/C25H31N5O3/c26-25(31)24-21(15-23(33-24)19-16-27-28-17-19)20-14-18(6-9-29-10-12-32-13-11-29)4-5-22(20)30-7-2-1-3-8-30/h4-5,14-17H,1-3,6-13H2,(H2,26,31)(H,27,28). The van der Waals surface area contributed by atoms with E-state index in [1.165, 1.54) is 24.8 Å². The number of aromatic amines is 1. The topological polar surface area (TPSA) is 101 Å². The fourth-order valence-corrected chi connectivity index (χ4v) is 4.78. The molecule has 0 atom stereocenters. The van der Waals surface area contributed by atoms with Crippen molar-refractivity contribution in [3.05, 3.63) is 48.0 Å². The molecule has 2 aromatic heterocycles. The van der Waals surface area contributed by atoms with Crippen molar-refractivity contribution in [2.24, 2.45) is 5.73 Å². The number of ether oxygens (including phenoxy) is 1. The zero-order chi connectivity index (χ0) is 22.6. The summed E-state index contributed by atoms with van der Waals surface area (Å²) in [6, 6.07) is 8.54. The van der Waals surface area contributed by atoms with Crippen LogP contribution in [0, 0.1) is 0 Å². The molecule has 174 valence electrons. The third kappa shape index (κ3) is 4.82. The number of nitrogens with one attached hydrogen (secondary N) is 1. The number of hydrogen-bond acceptors (Lipinski definition) is 6. The molecule has 4 heterocycles. The number of aromatic nitrogens is 2. The molecular formula is C25H31N5O3. The first kappa shape index (κ1) is 21.7. The van der Waals surface area contributed by atoms with Gasteiger partial charge in [-0.1, -0.05) is 6.07 Å². The van der Waals surface area contributed by atoms with Gasteiger partial charge in [-0.3, -0.25) is 14.8 Å². The molecule has 0 radical (unpaired) electrons. The van der Waals surface area contributed by atoms with Gasteiger partial charge in [-0.05, 0) is 49.4 Å². The molecule has 1 aromatic carbocycles. The zero-order valence-corrected chi connectivity index (χ0v) is 18.9. The summed E-state index contributed by atoms with van der Waals surface area (Å²) in [5.41, 5.74) is 10.6. The molecular weight excluding hydrogens is 418 g/mol. The first-order valence-corrected chi connectivity index (χ1v) is 11.8. The van der Waals surface area contributed by atoms with Crippen LogP contribution in [0.3, 0.4) is 0 Å². The van der Waals surface area contributed by atoms with E-state index < -0.39 is 5.91 Å². The van der Waals surface area contributed by atoms with Crippen LogP contribution in [0.4, 0.5) is 5.69 Å². The maximum atomic E-state index is 12.4. The van der Waals surface area contributed by atoms with Gasteiger partial charge in [0.15, 0.2) is 5.76 Å². The van der Waals surface area contributed by atoms with Crippen LogP contribution in [0.5, 0.6) is 0 Å².